The number of nitrogens with one attached hydrogen (secondary N) is 1. The Morgan fingerprint density at radius 2 is 1.17 bits per heavy atom. The Morgan fingerprint density at radius 3 is 1.75 bits per heavy atom. The molecule has 0 aliphatic carbocycles. The lowest BCUT2D eigenvalue weighted by molar-refractivity contribution is -0.147. The van der Waals surface area contributed by atoms with Crippen molar-refractivity contribution >= 4 is 25.7 Å². The number of esters is 1. The number of hydrogen-bond acceptors (Lipinski definition) is 8. The lowest BCUT2D eigenvalue weighted by Crippen LogP contribution is -2.43. The molecule has 0 radical (unpaired) electrons. The molecular weight excluding hydrogens is 637 g/mol. The zero-order valence-electron chi connectivity index (χ0n) is 29.8. The third-order valence-electron chi connectivity index (χ3n) is 7.74. The first kappa shape index (κ1) is 46.0. The van der Waals surface area contributed by atoms with Crippen molar-refractivity contribution in [1.82, 2.24) is 5.32 Å². The highest BCUT2D eigenvalue weighted by atomic mass is 31.2. The maximum absolute atomic E-state index is 12.2. The third-order valence-corrected chi connectivity index (χ3v) is 8.69. The van der Waals surface area contributed by atoms with E-state index in [-0.39, 0.29) is 12.8 Å². The van der Waals surface area contributed by atoms with Gasteiger partial charge in [-0.15, -0.1) is 0 Å². The quantitative estimate of drug-likeness (QED) is 0.0221. The lowest BCUT2D eigenvalue weighted by atomic mass is 10.1. The van der Waals surface area contributed by atoms with Crippen LogP contribution in [0.3, 0.4) is 0 Å². The Labute approximate surface area is 289 Å². The molecule has 0 bridgehead atoms. The van der Waals surface area contributed by atoms with Gasteiger partial charge in [-0.2, -0.15) is 0 Å². The number of carbonyl (C=O) groups excluding carboxylic acids is 2. The summed E-state index contributed by atoms with van der Waals surface area (Å²) in [6.45, 7) is 2.48. The number of rotatable bonds is 34. The number of phosphoric ester groups is 1. The first-order valence-electron chi connectivity index (χ1n) is 18.4. The van der Waals surface area contributed by atoms with Gasteiger partial charge in [0, 0.05) is 12.8 Å². The summed E-state index contributed by atoms with van der Waals surface area (Å²) in [5.74, 6) is -2.39. The van der Waals surface area contributed by atoms with Gasteiger partial charge in [0.15, 0.2) is 6.04 Å². The Morgan fingerprint density at radius 1 is 0.667 bits per heavy atom. The Hall–Kier alpha value is -2.04. The zero-order chi connectivity index (χ0) is 35.7. The van der Waals surface area contributed by atoms with E-state index in [4.69, 9.17) is 13.8 Å². The maximum Gasteiger partial charge on any atom is 0.472 e. The topological polar surface area (TPSA) is 169 Å². The molecule has 0 fully saturated rings. The number of carboxylic acids is 1. The SMILES string of the molecule is CCCC/C=C\C/C=C\CCCCCCCC(=O)OCC(O)COP(=O)(O)OCC(NC(=O)CCCCCCCCCCCC)C(=O)O. The molecule has 0 aliphatic rings. The molecular formula is C36H66NO10P. The van der Waals surface area contributed by atoms with Gasteiger partial charge in [-0.25, -0.2) is 9.36 Å². The van der Waals surface area contributed by atoms with E-state index < -0.39 is 57.6 Å². The maximum atomic E-state index is 12.2. The average molecular weight is 704 g/mol. The number of phosphoric acid groups is 1. The van der Waals surface area contributed by atoms with Gasteiger partial charge in [-0.1, -0.05) is 128 Å². The fourth-order valence-electron chi connectivity index (χ4n) is 4.80. The van der Waals surface area contributed by atoms with Crippen LogP contribution in [0.25, 0.3) is 0 Å². The summed E-state index contributed by atoms with van der Waals surface area (Å²) in [5, 5.41) is 21.7. The van der Waals surface area contributed by atoms with Crippen molar-refractivity contribution in [2.75, 3.05) is 19.8 Å². The molecule has 0 aromatic rings. The minimum Gasteiger partial charge on any atom is -0.480 e. The van der Waals surface area contributed by atoms with Gasteiger partial charge in [-0.05, 0) is 38.5 Å². The molecule has 280 valence electrons. The molecule has 0 spiro atoms. The number of unbranched alkanes of at least 4 members (excludes halogenated alkanes) is 16. The number of ether oxygens (including phenoxy) is 1. The lowest BCUT2D eigenvalue weighted by Gasteiger charge is -2.18. The molecule has 0 aromatic carbocycles. The molecule has 0 rings (SSSR count). The second kappa shape index (κ2) is 32.2. The number of hydrogen-bond donors (Lipinski definition) is 4. The highest BCUT2D eigenvalue weighted by molar-refractivity contribution is 7.47. The molecule has 4 N–H and O–H groups in total. The predicted octanol–water partition coefficient (Wildman–Crippen LogP) is 8.33. The van der Waals surface area contributed by atoms with Gasteiger partial charge in [0.2, 0.25) is 5.91 Å². The molecule has 12 heteroatoms. The van der Waals surface area contributed by atoms with Crippen LogP contribution in [0.1, 0.15) is 155 Å². The van der Waals surface area contributed by atoms with E-state index in [0.717, 1.165) is 64.2 Å². The van der Waals surface area contributed by atoms with Crippen LogP contribution in [0.2, 0.25) is 0 Å². The van der Waals surface area contributed by atoms with Gasteiger partial charge in [0.05, 0.1) is 13.2 Å². The van der Waals surface area contributed by atoms with Crippen molar-refractivity contribution in [2.24, 2.45) is 0 Å². The second-order valence-electron chi connectivity index (χ2n) is 12.4. The number of amides is 1. The number of aliphatic hydroxyl groups is 1. The normalized spacial score (nSPS) is 14.2. The van der Waals surface area contributed by atoms with Crippen molar-refractivity contribution in [2.45, 2.75) is 167 Å². The Bertz CT molecular complexity index is 926. The van der Waals surface area contributed by atoms with Gasteiger partial charge in [0.25, 0.3) is 0 Å². The fourth-order valence-corrected chi connectivity index (χ4v) is 5.57. The van der Waals surface area contributed by atoms with Crippen LogP contribution in [0, 0.1) is 0 Å². The smallest absolute Gasteiger partial charge is 0.472 e. The standard InChI is InChI=1S/C36H66NO10P/c1-3-5-7-9-11-13-15-16-17-18-20-22-24-26-28-35(40)45-29-32(38)30-46-48(43,44)47-31-33(36(41)42)37-34(39)27-25-23-21-19-14-12-10-8-6-4-2/h9,11,15-16,32-33,38H,3-8,10,12-14,17-31H2,1-2H3,(H,37,39)(H,41,42)(H,43,44)/b11-9-,16-15-. The summed E-state index contributed by atoms with van der Waals surface area (Å²) in [6.07, 6.45) is 29.3. The highest BCUT2D eigenvalue weighted by Crippen LogP contribution is 2.43. The molecule has 0 heterocycles. The number of carbonyl (C=O) groups is 3. The van der Waals surface area contributed by atoms with E-state index in [1.165, 1.54) is 51.4 Å². The number of aliphatic carboxylic acids is 1. The van der Waals surface area contributed by atoms with E-state index >= 15 is 0 Å². The highest BCUT2D eigenvalue weighted by Gasteiger charge is 2.28. The van der Waals surface area contributed by atoms with Crippen LogP contribution < -0.4 is 5.32 Å². The summed E-state index contributed by atoms with van der Waals surface area (Å²) in [6, 6.07) is -1.54. The molecule has 11 nitrogen and oxygen atoms in total. The second-order valence-corrected chi connectivity index (χ2v) is 13.9. The van der Waals surface area contributed by atoms with Crippen LogP contribution in [0.5, 0.6) is 0 Å². The van der Waals surface area contributed by atoms with Crippen LogP contribution in [0.4, 0.5) is 0 Å². The summed E-state index contributed by atoms with van der Waals surface area (Å²) in [5.41, 5.74) is 0. The van der Waals surface area contributed by atoms with E-state index in [0.29, 0.717) is 12.8 Å². The predicted molar refractivity (Wildman–Crippen MR) is 189 cm³/mol. The largest absolute Gasteiger partial charge is 0.480 e. The van der Waals surface area contributed by atoms with Gasteiger partial charge < -0.3 is 25.2 Å². The first-order chi connectivity index (χ1) is 23.1. The van der Waals surface area contributed by atoms with Crippen molar-refractivity contribution in [3.8, 4) is 0 Å². The van der Waals surface area contributed by atoms with Gasteiger partial charge in [-0.3, -0.25) is 18.6 Å². The van der Waals surface area contributed by atoms with Crippen LogP contribution in [-0.4, -0.2) is 64.9 Å². The fraction of sp³-hybridized carbons (Fsp3) is 0.806. The Kier molecular flexibility index (Phi) is 30.8. The minimum atomic E-state index is -4.74. The molecule has 1 amide bonds. The molecule has 0 aliphatic heterocycles. The summed E-state index contributed by atoms with van der Waals surface area (Å²) in [4.78, 5) is 45.5. The first-order valence-corrected chi connectivity index (χ1v) is 19.9. The summed E-state index contributed by atoms with van der Waals surface area (Å²) < 4.78 is 26.6. The molecule has 48 heavy (non-hydrogen) atoms. The van der Waals surface area contributed by atoms with Crippen molar-refractivity contribution in [1.29, 1.82) is 0 Å². The van der Waals surface area contributed by atoms with E-state index in [2.05, 4.69) is 43.5 Å². The van der Waals surface area contributed by atoms with E-state index in [1.54, 1.807) is 0 Å². The third kappa shape index (κ3) is 31.2. The number of carboxylic acid groups (broad SMARTS) is 1. The van der Waals surface area contributed by atoms with Crippen molar-refractivity contribution < 1.29 is 47.8 Å². The van der Waals surface area contributed by atoms with Crippen molar-refractivity contribution in [3.63, 3.8) is 0 Å². The monoisotopic (exact) mass is 703 g/mol. The molecule has 3 unspecified atom stereocenters. The van der Waals surface area contributed by atoms with Crippen LogP contribution in [0.15, 0.2) is 24.3 Å². The molecule has 3 atom stereocenters. The molecule has 0 saturated carbocycles. The molecule has 0 aromatic heterocycles. The van der Waals surface area contributed by atoms with Gasteiger partial charge >= 0.3 is 19.8 Å². The summed E-state index contributed by atoms with van der Waals surface area (Å²) in [7, 11) is -4.74. The number of allylic oxidation sites excluding steroid dienone is 4. The van der Waals surface area contributed by atoms with Crippen LogP contribution >= 0.6 is 7.82 Å². The Balaban J connectivity index is 3.99. The molecule has 0 saturated heterocycles. The van der Waals surface area contributed by atoms with Gasteiger partial charge in [0.1, 0.15) is 12.7 Å². The summed E-state index contributed by atoms with van der Waals surface area (Å²) >= 11 is 0. The van der Waals surface area contributed by atoms with Crippen molar-refractivity contribution in [3.05, 3.63) is 24.3 Å². The average Bonchev–Trinajstić information content (AvgIpc) is 3.05. The minimum absolute atomic E-state index is 0.147. The van der Waals surface area contributed by atoms with Crippen LogP contribution in [-0.2, 0) is 32.7 Å². The zero-order valence-corrected chi connectivity index (χ0v) is 30.7. The number of aliphatic hydroxyl groups excluding tert-OH is 1. The van der Waals surface area contributed by atoms with E-state index in [1.807, 2.05) is 0 Å². The van der Waals surface area contributed by atoms with E-state index in [9.17, 15) is 34.1 Å².